The summed E-state index contributed by atoms with van der Waals surface area (Å²) in [5, 5.41) is 15.5. The van der Waals surface area contributed by atoms with Crippen molar-refractivity contribution in [2.24, 2.45) is 0 Å². The maximum atomic E-state index is 13.2. The van der Waals surface area contributed by atoms with Crippen molar-refractivity contribution < 1.29 is 9.50 Å². The molecule has 4 heteroatoms. The van der Waals surface area contributed by atoms with Crippen LogP contribution in [0.1, 0.15) is 42.9 Å². The van der Waals surface area contributed by atoms with Crippen molar-refractivity contribution in [3.05, 3.63) is 77.7 Å². The Balaban J connectivity index is 1.57. The molecule has 0 aliphatic carbocycles. The van der Waals surface area contributed by atoms with Crippen LogP contribution < -0.4 is 5.32 Å². The fourth-order valence-electron chi connectivity index (χ4n) is 4.04. The number of fused-ring (bicyclic) bond motifs is 1. The number of hydrogen-bond acceptors (Lipinski definition) is 3. The fraction of sp³-hybridized carbons (Fsp3) is 0.318. The molecule has 134 valence electrons. The van der Waals surface area contributed by atoms with E-state index in [4.69, 9.17) is 0 Å². The van der Waals surface area contributed by atoms with Gasteiger partial charge in [-0.25, -0.2) is 4.39 Å². The Morgan fingerprint density at radius 1 is 1.12 bits per heavy atom. The summed E-state index contributed by atoms with van der Waals surface area (Å²) in [5.74, 6) is 0.0921. The summed E-state index contributed by atoms with van der Waals surface area (Å²) in [6.07, 6.45) is 2.92. The highest BCUT2D eigenvalue weighted by Crippen LogP contribution is 2.35. The molecule has 0 spiro atoms. The highest BCUT2D eigenvalue weighted by Gasteiger charge is 2.32. The second-order valence-electron chi connectivity index (χ2n) is 7.30. The largest absolute Gasteiger partial charge is 0.387 e. The number of rotatable bonds is 3. The third-order valence-electron chi connectivity index (χ3n) is 5.35. The number of aromatic nitrogens is 1. The van der Waals surface area contributed by atoms with Gasteiger partial charge in [-0.2, -0.15) is 0 Å². The minimum absolute atomic E-state index is 0.0586. The maximum Gasteiger partial charge on any atom is 0.123 e. The molecule has 2 aromatic carbocycles. The number of pyridine rings is 1. The van der Waals surface area contributed by atoms with Gasteiger partial charge in [-0.15, -0.1) is 0 Å². The van der Waals surface area contributed by atoms with Crippen LogP contribution in [0.15, 0.2) is 60.8 Å². The van der Waals surface area contributed by atoms with Crippen LogP contribution >= 0.6 is 0 Å². The average molecular weight is 350 g/mol. The van der Waals surface area contributed by atoms with Crippen LogP contribution in [0.2, 0.25) is 0 Å². The number of para-hydroxylation sites is 1. The Morgan fingerprint density at radius 2 is 1.88 bits per heavy atom. The second-order valence-corrected chi connectivity index (χ2v) is 7.30. The predicted molar refractivity (Wildman–Crippen MR) is 101 cm³/mol. The van der Waals surface area contributed by atoms with E-state index in [0.717, 1.165) is 34.9 Å². The zero-order chi connectivity index (χ0) is 18.1. The normalized spacial score (nSPS) is 24.5. The van der Waals surface area contributed by atoms with E-state index in [1.807, 2.05) is 42.5 Å². The first kappa shape index (κ1) is 17.1. The molecule has 3 aromatic rings. The smallest absolute Gasteiger partial charge is 0.123 e. The number of aliphatic hydroxyl groups excluding tert-OH is 1. The van der Waals surface area contributed by atoms with Crippen LogP contribution in [-0.4, -0.2) is 22.2 Å². The Labute approximate surface area is 152 Å². The van der Waals surface area contributed by atoms with Crippen molar-refractivity contribution in [3.63, 3.8) is 0 Å². The lowest BCUT2D eigenvalue weighted by atomic mass is 9.81. The molecule has 3 nitrogen and oxygen atoms in total. The highest BCUT2D eigenvalue weighted by molar-refractivity contribution is 5.78. The molecule has 2 heterocycles. The number of aliphatic hydroxyl groups is 1. The van der Waals surface area contributed by atoms with E-state index >= 15 is 0 Å². The van der Waals surface area contributed by atoms with E-state index in [9.17, 15) is 9.50 Å². The SMILES string of the molecule is CC1CC(c2ccc(F)cc2)CC(C(O)c2cnc3ccccc3c2)N1. The van der Waals surface area contributed by atoms with Gasteiger partial charge in [-0.3, -0.25) is 4.98 Å². The van der Waals surface area contributed by atoms with E-state index in [1.165, 1.54) is 12.1 Å². The lowest BCUT2D eigenvalue weighted by Crippen LogP contribution is -2.46. The van der Waals surface area contributed by atoms with Crippen molar-refractivity contribution in [1.82, 2.24) is 10.3 Å². The molecule has 1 aromatic heterocycles. The highest BCUT2D eigenvalue weighted by atomic mass is 19.1. The van der Waals surface area contributed by atoms with Gasteiger partial charge < -0.3 is 10.4 Å². The minimum atomic E-state index is -0.627. The van der Waals surface area contributed by atoms with Gasteiger partial charge in [0.25, 0.3) is 0 Å². The quantitative estimate of drug-likeness (QED) is 0.739. The van der Waals surface area contributed by atoms with Gasteiger partial charge >= 0.3 is 0 Å². The first-order valence-electron chi connectivity index (χ1n) is 9.14. The molecular formula is C22H23FN2O. The van der Waals surface area contributed by atoms with Crippen molar-refractivity contribution >= 4 is 10.9 Å². The molecule has 1 aliphatic rings. The maximum absolute atomic E-state index is 13.2. The molecule has 2 N–H and O–H groups in total. The predicted octanol–water partition coefficient (Wildman–Crippen LogP) is 4.33. The van der Waals surface area contributed by atoms with Crippen LogP contribution in [0.25, 0.3) is 10.9 Å². The van der Waals surface area contributed by atoms with Gasteiger partial charge in [0, 0.05) is 29.2 Å². The number of halogens is 1. The number of benzene rings is 2. The number of hydrogen-bond donors (Lipinski definition) is 2. The molecule has 1 saturated heterocycles. The molecule has 0 radical (unpaired) electrons. The standard InChI is InChI=1S/C22H23FN2O/c1-14-10-17(15-6-8-19(23)9-7-15)12-21(25-14)22(26)18-11-16-4-2-3-5-20(16)24-13-18/h2-9,11,13-14,17,21-22,25-26H,10,12H2,1H3. The number of nitrogens with one attached hydrogen (secondary N) is 1. The molecule has 0 amide bonds. The Kier molecular flexibility index (Phi) is 4.70. The molecule has 0 bridgehead atoms. The van der Waals surface area contributed by atoms with Gasteiger partial charge in [0.05, 0.1) is 11.6 Å². The molecular weight excluding hydrogens is 327 g/mol. The molecule has 0 saturated carbocycles. The number of piperidine rings is 1. The van der Waals surface area contributed by atoms with E-state index in [0.29, 0.717) is 5.92 Å². The molecule has 4 rings (SSSR count). The zero-order valence-corrected chi connectivity index (χ0v) is 14.8. The van der Waals surface area contributed by atoms with E-state index in [-0.39, 0.29) is 17.9 Å². The van der Waals surface area contributed by atoms with Gasteiger partial charge in [0.1, 0.15) is 5.82 Å². The van der Waals surface area contributed by atoms with Crippen molar-refractivity contribution in [1.29, 1.82) is 0 Å². The average Bonchev–Trinajstić information content (AvgIpc) is 2.67. The van der Waals surface area contributed by atoms with Crippen molar-refractivity contribution in [2.45, 2.75) is 43.9 Å². The third-order valence-corrected chi connectivity index (χ3v) is 5.35. The molecule has 26 heavy (non-hydrogen) atoms. The van der Waals surface area contributed by atoms with Crippen LogP contribution in [0.3, 0.4) is 0 Å². The molecule has 4 unspecified atom stereocenters. The lowest BCUT2D eigenvalue weighted by molar-refractivity contribution is 0.0971. The van der Waals surface area contributed by atoms with E-state index < -0.39 is 6.10 Å². The first-order chi connectivity index (χ1) is 12.6. The summed E-state index contributed by atoms with van der Waals surface area (Å²) < 4.78 is 13.2. The second kappa shape index (κ2) is 7.14. The van der Waals surface area contributed by atoms with Crippen LogP contribution in [0.5, 0.6) is 0 Å². The monoisotopic (exact) mass is 350 g/mol. The Morgan fingerprint density at radius 3 is 2.69 bits per heavy atom. The zero-order valence-electron chi connectivity index (χ0n) is 14.8. The van der Waals surface area contributed by atoms with Gasteiger partial charge in [0.2, 0.25) is 0 Å². The molecule has 4 atom stereocenters. The Hall–Kier alpha value is -2.30. The first-order valence-corrected chi connectivity index (χ1v) is 9.14. The Bertz CT molecular complexity index is 896. The van der Waals surface area contributed by atoms with E-state index in [2.05, 4.69) is 17.2 Å². The lowest BCUT2D eigenvalue weighted by Gasteiger charge is -2.37. The van der Waals surface area contributed by atoms with Crippen molar-refractivity contribution in [2.75, 3.05) is 0 Å². The van der Waals surface area contributed by atoms with Crippen molar-refractivity contribution in [3.8, 4) is 0 Å². The van der Waals surface area contributed by atoms with E-state index in [1.54, 1.807) is 6.20 Å². The summed E-state index contributed by atoms with van der Waals surface area (Å²) >= 11 is 0. The number of nitrogens with zero attached hydrogens (tertiary/aromatic N) is 1. The summed E-state index contributed by atoms with van der Waals surface area (Å²) in [4.78, 5) is 4.47. The topological polar surface area (TPSA) is 45.2 Å². The molecule has 1 fully saturated rings. The summed E-state index contributed by atoms with van der Waals surface area (Å²) in [7, 11) is 0. The molecule has 1 aliphatic heterocycles. The fourth-order valence-corrected chi connectivity index (χ4v) is 4.04. The summed E-state index contributed by atoms with van der Waals surface area (Å²) in [5.41, 5.74) is 2.89. The van der Waals surface area contributed by atoms with Crippen LogP contribution in [0.4, 0.5) is 4.39 Å². The van der Waals surface area contributed by atoms with Gasteiger partial charge in [-0.05, 0) is 55.5 Å². The van der Waals surface area contributed by atoms with Crippen LogP contribution in [-0.2, 0) is 0 Å². The minimum Gasteiger partial charge on any atom is -0.387 e. The van der Waals surface area contributed by atoms with Gasteiger partial charge in [-0.1, -0.05) is 30.3 Å². The van der Waals surface area contributed by atoms with Gasteiger partial charge in [0.15, 0.2) is 0 Å². The summed E-state index contributed by atoms with van der Waals surface area (Å²) in [6.45, 7) is 2.13. The van der Waals surface area contributed by atoms with Crippen LogP contribution in [0, 0.1) is 5.82 Å². The summed E-state index contributed by atoms with van der Waals surface area (Å²) in [6, 6.07) is 16.9. The third kappa shape index (κ3) is 3.48.